The van der Waals surface area contributed by atoms with Gasteiger partial charge < -0.3 is 20.1 Å². The quantitative estimate of drug-likeness (QED) is 0.122. The second kappa shape index (κ2) is 12.8. The highest BCUT2D eigenvalue weighted by atomic mass is 35.5. The monoisotopic (exact) mass is 806 g/mol. The fourth-order valence-corrected chi connectivity index (χ4v) is 11.1. The normalized spacial score (nSPS) is 25.5. The summed E-state index contributed by atoms with van der Waals surface area (Å²) in [7, 11) is 3.10. The number of rotatable bonds is 6. The number of benzene rings is 3. The Bertz CT molecular complexity index is 2680. The smallest absolute Gasteiger partial charge is 0.339 e. The van der Waals surface area contributed by atoms with Crippen LogP contribution in [0.15, 0.2) is 72.3 Å². The molecule has 57 heavy (non-hydrogen) atoms. The van der Waals surface area contributed by atoms with Gasteiger partial charge in [-0.3, -0.25) is 23.9 Å². The highest BCUT2D eigenvalue weighted by Crippen LogP contribution is 2.64. The van der Waals surface area contributed by atoms with Gasteiger partial charge >= 0.3 is 5.97 Å². The zero-order valence-corrected chi connectivity index (χ0v) is 32.6. The molecule has 2 saturated heterocycles. The maximum atomic E-state index is 15.1. The molecule has 13 nitrogen and oxygen atoms in total. The van der Waals surface area contributed by atoms with Gasteiger partial charge in [0.2, 0.25) is 23.6 Å². The predicted octanol–water partition coefficient (Wildman–Crippen LogP) is 6.82. The van der Waals surface area contributed by atoms with E-state index in [1.54, 1.807) is 32.2 Å². The van der Waals surface area contributed by atoms with Crippen LogP contribution >= 0.6 is 22.9 Å². The molecule has 15 heteroatoms. The lowest BCUT2D eigenvalue weighted by molar-refractivity contribution is -0.131. The molecule has 2 aromatic heterocycles. The number of hydrogen-bond acceptors (Lipinski definition) is 10. The number of imide groups is 2. The minimum Gasteiger partial charge on any atom is -0.507 e. The van der Waals surface area contributed by atoms with Crippen LogP contribution in [0, 0.1) is 36.0 Å². The highest BCUT2D eigenvalue weighted by Gasteiger charge is 2.68. The van der Waals surface area contributed by atoms with E-state index in [0.29, 0.717) is 21.9 Å². The number of halogens is 1. The number of allylic oxidation sites excluding steroid dienone is 2. The summed E-state index contributed by atoms with van der Waals surface area (Å²) in [6.45, 7) is 3.73. The lowest BCUT2D eigenvalue weighted by Crippen LogP contribution is -2.48. The van der Waals surface area contributed by atoms with Gasteiger partial charge in [-0.05, 0) is 91.6 Å². The first kappa shape index (κ1) is 36.6. The molecule has 4 amide bonds. The molecule has 9 rings (SSSR count). The minimum absolute atomic E-state index is 0.0306. The number of carboxylic acid groups (broad SMARTS) is 1. The third kappa shape index (κ3) is 5.12. The zero-order valence-electron chi connectivity index (χ0n) is 31.0. The van der Waals surface area contributed by atoms with Crippen LogP contribution in [0.5, 0.6) is 17.2 Å². The molecule has 290 valence electrons. The van der Waals surface area contributed by atoms with Crippen molar-refractivity contribution in [1.29, 1.82) is 0 Å². The number of carboxylic acids is 1. The molecule has 2 aliphatic carbocycles. The molecule has 4 aliphatic rings. The molecule has 3 aromatic carbocycles. The SMILES string of the molecule is COc1ccc([C@H]2C3=CC[C@@H]4C(=O)N(c5ccc(C(=O)O)c(O)c5)C(=O)[C@@H]4[C@@H]3C[C@H]3C(=O)N(c4cc(-c5sc6ccc(Cl)cc6c5C)nn4C)C(=O)[C@@]23C)cc1O. The van der Waals surface area contributed by atoms with Crippen LogP contribution in [0.25, 0.3) is 20.7 Å². The molecule has 5 aromatic rings. The number of thiophene rings is 1. The second-order valence-electron chi connectivity index (χ2n) is 15.3. The maximum Gasteiger partial charge on any atom is 0.339 e. The fourth-order valence-electron chi connectivity index (χ4n) is 9.81. The van der Waals surface area contributed by atoms with Crippen LogP contribution in [-0.4, -0.2) is 61.8 Å². The molecular weight excluding hydrogens is 772 g/mol. The second-order valence-corrected chi connectivity index (χ2v) is 16.8. The molecule has 0 unspecified atom stereocenters. The topological polar surface area (TPSA) is 180 Å². The number of phenolic OH excluding ortho intramolecular Hbond substituents is 1. The lowest BCUT2D eigenvalue weighted by atomic mass is 9.51. The van der Waals surface area contributed by atoms with Crippen molar-refractivity contribution in [3.05, 3.63) is 94.0 Å². The van der Waals surface area contributed by atoms with Crippen LogP contribution in [0.2, 0.25) is 5.02 Å². The lowest BCUT2D eigenvalue weighted by Gasteiger charge is -2.49. The number of carbonyl (C=O) groups is 5. The number of aromatic hydroxyl groups is 2. The summed E-state index contributed by atoms with van der Waals surface area (Å²) in [5, 5.41) is 37.2. The van der Waals surface area contributed by atoms with Gasteiger partial charge in [0.05, 0.1) is 40.8 Å². The standard InChI is InChI=1S/C42H35ClN4O9S/c1-18-25-14-20(43)6-12-32(25)57-36(18)28-17-33(45(3)44-28)47-38(51)27-16-26-22(35(42(27,2)41(47)55)19-5-11-31(56-4)30(49)13-19)9-10-24-34(26)39(52)46(37(24)50)21-7-8-23(40(53)54)29(48)15-21/h5-9,11-15,17,24,26-27,34-35,48-49H,10,16H2,1-4H3,(H,53,54)/t24-,26+,27-,34-,35-,42+/m0/s1. The summed E-state index contributed by atoms with van der Waals surface area (Å²) in [6.07, 6.45) is 2.13. The number of aryl methyl sites for hydroxylation is 2. The van der Waals surface area contributed by atoms with E-state index in [1.807, 2.05) is 31.2 Å². The van der Waals surface area contributed by atoms with Gasteiger partial charge in [-0.2, -0.15) is 5.10 Å². The number of fused-ring (bicyclic) bond motifs is 5. The van der Waals surface area contributed by atoms with E-state index in [9.17, 15) is 34.5 Å². The molecule has 1 saturated carbocycles. The Labute approximate surface area is 334 Å². The van der Waals surface area contributed by atoms with Gasteiger partial charge in [-0.25, -0.2) is 14.6 Å². The van der Waals surface area contributed by atoms with E-state index in [0.717, 1.165) is 37.6 Å². The number of aromatic carboxylic acids is 1. The molecule has 0 radical (unpaired) electrons. The van der Waals surface area contributed by atoms with E-state index in [-0.39, 0.29) is 41.4 Å². The average Bonchev–Trinajstić information content (AvgIpc) is 3.84. The van der Waals surface area contributed by atoms with Crippen LogP contribution in [-0.2, 0) is 26.2 Å². The van der Waals surface area contributed by atoms with Crippen molar-refractivity contribution in [1.82, 2.24) is 9.78 Å². The van der Waals surface area contributed by atoms with E-state index < -0.39 is 70.4 Å². The summed E-state index contributed by atoms with van der Waals surface area (Å²) in [6, 6.07) is 15.8. The van der Waals surface area contributed by atoms with Crippen molar-refractivity contribution in [2.45, 2.75) is 32.6 Å². The van der Waals surface area contributed by atoms with E-state index in [4.69, 9.17) is 21.4 Å². The van der Waals surface area contributed by atoms with Crippen LogP contribution in [0.1, 0.15) is 47.2 Å². The zero-order chi connectivity index (χ0) is 40.4. The molecule has 3 N–H and O–H groups in total. The fraction of sp³-hybridized carbons (Fsp3) is 0.286. The van der Waals surface area contributed by atoms with Crippen molar-refractivity contribution in [3.63, 3.8) is 0 Å². The number of hydrogen-bond donors (Lipinski definition) is 3. The van der Waals surface area contributed by atoms with Gasteiger partial charge in [0.1, 0.15) is 22.8 Å². The van der Waals surface area contributed by atoms with Gasteiger partial charge in [-0.1, -0.05) is 29.3 Å². The molecule has 6 atom stereocenters. The molecule has 2 aliphatic heterocycles. The van der Waals surface area contributed by atoms with E-state index >= 15 is 4.79 Å². The number of phenols is 2. The average molecular weight is 807 g/mol. The van der Waals surface area contributed by atoms with Crippen molar-refractivity contribution in [3.8, 4) is 27.8 Å². The number of amides is 4. The van der Waals surface area contributed by atoms with Gasteiger partial charge in [0.15, 0.2) is 11.5 Å². The van der Waals surface area contributed by atoms with Crippen LogP contribution in [0.3, 0.4) is 0 Å². The summed E-state index contributed by atoms with van der Waals surface area (Å²) in [5.41, 5.74) is 1.05. The predicted molar refractivity (Wildman–Crippen MR) is 211 cm³/mol. The number of methoxy groups -OCH3 is 1. The maximum absolute atomic E-state index is 15.1. The number of carbonyl (C=O) groups excluding carboxylic acids is 4. The van der Waals surface area contributed by atoms with Gasteiger partial charge in [0.25, 0.3) is 0 Å². The number of aromatic nitrogens is 2. The van der Waals surface area contributed by atoms with Crippen molar-refractivity contribution >= 4 is 74.1 Å². The van der Waals surface area contributed by atoms with Crippen LogP contribution < -0.4 is 14.5 Å². The molecule has 0 spiro atoms. The molecule has 0 bridgehead atoms. The first-order chi connectivity index (χ1) is 27.1. The van der Waals surface area contributed by atoms with E-state index in [1.165, 1.54) is 40.2 Å². The Hall–Kier alpha value is -5.99. The highest BCUT2D eigenvalue weighted by molar-refractivity contribution is 7.22. The van der Waals surface area contributed by atoms with E-state index in [2.05, 4.69) is 0 Å². The number of ether oxygens (including phenoxy) is 1. The van der Waals surface area contributed by atoms with Gasteiger partial charge in [0, 0.05) is 34.8 Å². The Balaban J connectivity index is 1.14. The Morgan fingerprint density at radius 1 is 0.947 bits per heavy atom. The third-order valence-corrected chi connectivity index (χ3v) is 14.0. The largest absolute Gasteiger partial charge is 0.507 e. The minimum atomic E-state index is -1.38. The van der Waals surface area contributed by atoms with Crippen molar-refractivity contribution in [2.75, 3.05) is 16.9 Å². The number of anilines is 2. The molecular formula is C42H35ClN4O9S. The molecule has 3 fully saturated rings. The Morgan fingerprint density at radius 3 is 2.42 bits per heavy atom. The summed E-state index contributed by atoms with van der Waals surface area (Å²) < 4.78 is 7.85. The summed E-state index contributed by atoms with van der Waals surface area (Å²) >= 11 is 7.84. The summed E-state index contributed by atoms with van der Waals surface area (Å²) in [4.78, 5) is 73.1. The first-order valence-corrected chi connectivity index (χ1v) is 19.5. The molecule has 4 heterocycles. The van der Waals surface area contributed by atoms with Gasteiger partial charge in [-0.15, -0.1) is 11.3 Å². The van der Waals surface area contributed by atoms with Crippen molar-refractivity contribution < 1.29 is 44.0 Å². The van der Waals surface area contributed by atoms with Crippen LogP contribution in [0.4, 0.5) is 11.5 Å². The first-order valence-electron chi connectivity index (χ1n) is 18.3. The summed E-state index contributed by atoms with van der Waals surface area (Å²) in [5.74, 6) is -7.73. The third-order valence-electron chi connectivity index (χ3n) is 12.5. The Morgan fingerprint density at radius 2 is 1.72 bits per heavy atom. The Kier molecular flexibility index (Phi) is 8.20. The van der Waals surface area contributed by atoms with Crippen molar-refractivity contribution in [2.24, 2.45) is 36.1 Å². The number of nitrogens with zero attached hydrogens (tertiary/aromatic N) is 4.